The van der Waals surface area contributed by atoms with E-state index in [1.54, 1.807) is 47.1 Å². The first-order chi connectivity index (χ1) is 27.8. The molecule has 0 radical (unpaired) electrons. The highest BCUT2D eigenvalue weighted by molar-refractivity contribution is 6.55. The summed E-state index contributed by atoms with van der Waals surface area (Å²) < 4.78 is 49.5. The number of carbonyl (C=O) groups is 2. The first kappa shape index (κ1) is 39.9. The van der Waals surface area contributed by atoms with E-state index in [0.717, 1.165) is 17.8 Å². The average molecular weight is 817 g/mol. The largest absolute Gasteiger partial charge is 0.493 e. The summed E-state index contributed by atoms with van der Waals surface area (Å²) in [7, 11) is 4.57. The summed E-state index contributed by atoms with van der Waals surface area (Å²) in [6.07, 6.45) is 2.95. The Labute approximate surface area is 335 Å². The predicted octanol–water partition coefficient (Wildman–Crippen LogP) is 5.28. The van der Waals surface area contributed by atoms with Crippen LogP contribution in [0, 0.1) is 11.6 Å². The molecular formula is C40H39ClF2N8O7. The maximum absolute atomic E-state index is 16.2. The fourth-order valence-electron chi connectivity index (χ4n) is 7.45. The second-order valence-corrected chi connectivity index (χ2v) is 14.2. The van der Waals surface area contributed by atoms with Gasteiger partial charge < -0.3 is 34.5 Å². The molecule has 1 amide bonds. The van der Waals surface area contributed by atoms with Crippen LogP contribution in [0.15, 0.2) is 58.6 Å². The van der Waals surface area contributed by atoms with Crippen molar-refractivity contribution in [3.8, 4) is 17.2 Å². The third-order valence-corrected chi connectivity index (χ3v) is 10.6. The number of halogens is 3. The minimum Gasteiger partial charge on any atom is -0.493 e. The Bertz CT molecular complexity index is 2560. The molecule has 2 aliphatic rings. The van der Waals surface area contributed by atoms with Gasteiger partial charge in [-0.15, -0.1) is 0 Å². The number of aromatic carboxylic acids is 1. The number of aromatic nitrogens is 3. The predicted molar refractivity (Wildman–Crippen MR) is 214 cm³/mol. The van der Waals surface area contributed by atoms with Crippen molar-refractivity contribution in [2.45, 2.75) is 32.9 Å². The van der Waals surface area contributed by atoms with Crippen molar-refractivity contribution in [3.05, 3.63) is 97.9 Å². The van der Waals surface area contributed by atoms with Gasteiger partial charge >= 0.3 is 5.97 Å². The maximum Gasteiger partial charge on any atom is 0.341 e. The topological polar surface area (TPSA) is 178 Å². The lowest BCUT2D eigenvalue weighted by molar-refractivity contribution is -0.112. The molecule has 18 heteroatoms. The van der Waals surface area contributed by atoms with Gasteiger partial charge in [0.15, 0.2) is 17.3 Å². The number of nitrogens with zero attached hydrogens (tertiary/aromatic N) is 7. The van der Waals surface area contributed by atoms with Gasteiger partial charge in [0.1, 0.15) is 28.6 Å². The second kappa shape index (κ2) is 15.9. The number of aryl methyl sites for hydroxylation is 1. The van der Waals surface area contributed by atoms with Gasteiger partial charge in [0.2, 0.25) is 11.2 Å². The second-order valence-electron chi connectivity index (χ2n) is 13.8. The number of piperazine rings is 1. The van der Waals surface area contributed by atoms with E-state index in [1.165, 1.54) is 32.1 Å². The number of anilines is 3. The molecule has 15 nitrogen and oxygen atoms in total. The summed E-state index contributed by atoms with van der Waals surface area (Å²) in [6.45, 7) is 4.47. The van der Waals surface area contributed by atoms with Crippen molar-refractivity contribution in [1.29, 1.82) is 0 Å². The summed E-state index contributed by atoms with van der Waals surface area (Å²) in [4.78, 5) is 57.1. The minimum atomic E-state index is -1.48. The molecule has 5 aromatic rings. The van der Waals surface area contributed by atoms with Crippen LogP contribution in [0.1, 0.15) is 40.9 Å². The molecule has 3 N–H and O–H groups in total. The molecule has 0 spiro atoms. The number of rotatable bonds is 11. The number of nitrogen functional groups attached to an aromatic ring is 1. The molecule has 0 bridgehead atoms. The summed E-state index contributed by atoms with van der Waals surface area (Å²) in [5.74, 6) is -2.31. The number of nitrogens with two attached hydrogens (primary N) is 1. The molecule has 1 fully saturated rings. The van der Waals surface area contributed by atoms with Gasteiger partial charge in [-0.05, 0) is 55.8 Å². The van der Waals surface area contributed by atoms with Crippen molar-refractivity contribution in [2.75, 3.05) is 63.2 Å². The number of amides is 1. The molecule has 1 atom stereocenters. The van der Waals surface area contributed by atoms with E-state index in [9.17, 15) is 19.5 Å². The maximum atomic E-state index is 16.2. The van der Waals surface area contributed by atoms with Crippen LogP contribution in [0.3, 0.4) is 0 Å². The zero-order chi connectivity index (χ0) is 41.6. The van der Waals surface area contributed by atoms with Gasteiger partial charge in [-0.2, -0.15) is 4.98 Å². The molecule has 3 aromatic carbocycles. The number of fused-ring (bicyclic) bond motifs is 2. The molecule has 302 valence electrons. The fourth-order valence-corrected chi connectivity index (χ4v) is 7.62. The average Bonchev–Trinajstić information content (AvgIpc) is 3.44. The fraction of sp³-hybridized carbons (Fsp3) is 0.300. The zero-order valence-electron chi connectivity index (χ0n) is 32.2. The molecule has 58 heavy (non-hydrogen) atoms. The Morgan fingerprint density at radius 1 is 1.07 bits per heavy atom. The first-order valence-corrected chi connectivity index (χ1v) is 18.5. The summed E-state index contributed by atoms with van der Waals surface area (Å²) in [5.41, 5.74) is 6.85. The number of carboxylic acids is 1. The van der Waals surface area contributed by atoms with E-state index in [-0.39, 0.29) is 66.4 Å². The lowest BCUT2D eigenvalue weighted by atomic mass is 10.1. The Morgan fingerprint density at radius 3 is 2.41 bits per heavy atom. The van der Waals surface area contributed by atoms with Gasteiger partial charge in [-0.1, -0.05) is 11.6 Å². The molecular weight excluding hydrogens is 778 g/mol. The number of aliphatic imine (C=N–C) groups is 1. The molecule has 7 rings (SSSR count). The third kappa shape index (κ3) is 7.11. The zero-order valence-corrected chi connectivity index (χ0v) is 32.9. The Hall–Kier alpha value is -6.33. The molecule has 2 aliphatic heterocycles. The van der Waals surface area contributed by atoms with E-state index in [0.29, 0.717) is 52.1 Å². The quantitative estimate of drug-likeness (QED) is 0.177. The standard InChI is InChI=1S/C40H39ClF2N8O7/c1-6-48-18-26(39(54)55)35(52)25-15-27(42)34(31(43)33(25)48)49-9-10-50(20(2)17-49)19-51-28-8-7-23(41)14-24(28)32(38(51)53)46-40-45-16-22(37(44)47-40)11-21-12-29(56-3)36(58-5)30(13-21)57-4/h7-8,12-16,18,20H,6,9-11,17,19H2,1-5H3,(H,54,55)(H2,44,45,47)/b46-32-. The number of carbonyl (C=O) groups excluding carboxylic acids is 1. The molecule has 1 unspecified atom stereocenters. The Kier molecular flexibility index (Phi) is 10.9. The number of benzene rings is 3. The van der Waals surface area contributed by atoms with Crippen LogP contribution in [0.2, 0.25) is 5.02 Å². The summed E-state index contributed by atoms with van der Waals surface area (Å²) in [6, 6.07) is 9.21. The molecule has 2 aromatic heterocycles. The van der Waals surface area contributed by atoms with Crippen molar-refractivity contribution < 1.29 is 37.7 Å². The minimum absolute atomic E-state index is 0.0311. The van der Waals surface area contributed by atoms with Crippen LogP contribution in [-0.4, -0.2) is 95.8 Å². The normalized spacial score (nSPS) is 16.3. The van der Waals surface area contributed by atoms with Crippen LogP contribution >= 0.6 is 11.6 Å². The number of hydrogen-bond donors (Lipinski definition) is 2. The van der Waals surface area contributed by atoms with Crippen molar-refractivity contribution >= 4 is 63.2 Å². The third-order valence-electron chi connectivity index (χ3n) is 10.4. The first-order valence-electron chi connectivity index (χ1n) is 18.2. The monoisotopic (exact) mass is 816 g/mol. The number of carboxylic acid groups (broad SMARTS) is 1. The van der Waals surface area contributed by atoms with Gasteiger partial charge in [-0.25, -0.2) is 23.6 Å². The molecule has 0 saturated carbocycles. The molecule has 0 aliphatic carbocycles. The number of ether oxygens (including phenoxy) is 3. The van der Waals surface area contributed by atoms with Crippen LogP contribution < -0.4 is 35.2 Å². The van der Waals surface area contributed by atoms with Gasteiger partial charge in [0, 0.05) is 67.2 Å². The van der Waals surface area contributed by atoms with Gasteiger partial charge in [-0.3, -0.25) is 19.4 Å². The van der Waals surface area contributed by atoms with Gasteiger partial charge in [0.25, 0.3) is 11.9 Å². The van der Waals surface area contributed by atoms with E-state index >= 15 is 8.78 Å². The van der Waals surface area contributed by atoms with Crippen LogP contribution in [-0.2, 0) is 17.8 Å². The van der Waals surface area contributed by atoms with E-state index in [4.69, 9.17) is 31.5 Å². The lowest BCUT2D eigenvalue weighted by Gasteiger charge is -2.42. The molecule has 4 heterocycles. The molecule has 1 saturated heterocycles. The van der Waals surface area contributed by atoms with E-state index in [2.05, 4.69) is 15.0 Å². The lowest BCUT2D eigenvalue weighted by Crippen LogP contribution is -2.56. The van der Waals surface area contributed by atoms with E-state index in [1.807, 2.05) is 11.8 Å². The van der Waals surface area contributed by atoms with Crippen LogP contribution in [0.25, 0.3) is 10.9 Å². The number of methoxy groups -OCH3 is 3. The highest BCUT2D eigenvalue weighted by atomic mass is 35.5. The number of hydrogen-bond acceptors (Lipinski definition) is 12. The van der Waals surface area contributed by atoms with Gasteiger partial charge in [0.05, 0.1) is 44.6 Å². The van der Waals surface area contributed by atoms with Crippen LogP contribution in [0.4, 0.5) is 31.9 Å². The SMILES string of the molecule is CCn1cc(C(=O)O)c(=O)c2cc(F)c(N3CCN(CN4C(=O)/C(=N\c5ncc(Cc6cc(OC)c(OC)c(OC)c6)c(N)n5)c5cc(Cl)ccc54)C(C)C3)c(F)c21. The van der Waals surface area contributed by atoms with Crippen molar-refractivity contribution in [3.63, 3.8) is 0 Å². The van der Waals surface area contributed by atoms with E-state index < -0.39 is 34.5 Å². The Morgan fingerprint density at radius 2 is 1.79 bits per heavy atom. The van der Waals surface area contributed by atoms with Crippen LogP contribution in [0.5, 0.6) is 17.2 Å². The highest BCUT2D eigenvalue weighted by Crippen LogP contribution is 2.39. The van der Waals surface area contributed by atoms with Crippen molar-refractivity contribution in [1.82, 2.24) is 19.4 Å². The smallest absolute Gasteiger partial charge is 0.341 e. The number of pyridine rings is 1. The Balaban J connectivity index is 1.12. The highest BCUT2D eigenvalue weighted by Gasteiger charge is 2.38. The summed E-state index contributed by atoms with van der Waals surface area (Å²) in [5, 5.41) is 9.52. The van der Waals surface area contributed by atoms with Crippen molar-refractivity contribution in [2.24, 2.45) is 4.99 Å². The summed E-state index contributed by atoms with van der Waals surface area (Å²) >= 11 is 6.39.